The zero-order chi connectivity index (χ0) is 45.7. The number of nitrogens with zero attached hydrogens (tertiary/aromatic N) is 4. The van der Waals surface area contributed by atoms with E-state index in [1.54, 1.807) is 0 Å². The molecule has 0 saturated carbocycles. The van der Waals surface area contributed by atoms with Crippen LogP contribution in [-0.2, 0) is 26.5 Å². The van der Waals surface area contributed by atoms with Crippen molar-refractivity contribution in [2.45, 2.75) is 99.2 Å². The van der Waals surface area contributed by atoms with Crippen molar-refractivity contribution in [1.29, 1.82) is 0 Å². The number of rotatable bonds is 9. The smallest absolute Gasteiger partial charge is 0.216 e. The van der Waals surface area contributed by atoms with E-state index in [1.807, 2.05) is 24.3 Å². The van der Waals surface area contributed by atoms with Gasteiger partial charge in [0, 0.05) is 48.5 Å². The first-order chi connectivity index (χ1) is 31.2. The number of pyridine rings is 2. The Morgan fingerprint density at radius 2 is 1.38 bits per heavy atom. The molecule has 4 aromatic heterocycles. The summed E-state index contributed by atoms with van der Waals surface area (Å²) in [4.78, 5) is 15.0. The Bertz CT molecular complexity index is 3360. The molecule has 5 nitrogen and oxygen atoms in total. The predicted molar refractivity (Wildman–Crippen MR) is 278 cm³/mol. The topological polar surface area (TPSA) is 56.7 Å². The van der Waals surface area contributed by atoms with E-state index in [4.69, 9.17) is 14.4 Å². The summed E-state index contributed by atoms with van der Waals surface area (Å²) in [5, 5.41) is 8.42. The van der Waals surface area contributed by atoms with Crippen molar-refractivity contribution >= 4 is 67.9 Å². The molecular formula is C59H60IrN4OSi-2. The molecule has 6 aromatic carbocycles. The van der Waals surface area contributed by atoms with Gasteiger partial charge in [0.25, 0.3) is 0 Å². The maximum absolute atomic E-state index is 6.63. The van der Waals surface area contributed by atoms with E-state index in [9.17, 15) is 0 Å². The van der Waals surface area contributed by atoms with Crippen molar-refractivity contribution in [2.75, 3.05) is 0 Å². The van der Waals surface area contributed by atoms with Gasteiger partial charge in [0.1, 0.15) is 0 Å². The van der Waals surface area contributed by atoms with Crippen LogP contribution in [0, 0.1) is 18.1 Å². The largest absolute Gasteiger partial charge is 0.486 e. The third-order valence-electron chi connectivity index (χ3n) is 12.6. The Kier molecular flexibility index (Phi) is 13.4. The van der Waals surface area contributed by atoms with Crippen molar-refractivity contribution in [3.8, 4) is 28.3 Å². The van der Waals surface area contributed by atoms with E-state index in [-0.39, 0.29) is 31.9 Å². The zero-order valence-electron chi connectivity index (χ0n) is 40.2. The summed E-state index contributed by atoms with van der Waals surface area (Å²) in [7, 11) is -1.34. The summed E-state index contributed by atoms with van der Waals surface area (Å²) in [6, 6.07) is 49.6. The number of hydrogen-bond acceptors (Lipinski definition) is 4. The second-order valence-corrected chi connectivity index (χ2v) is 25.0. The average Bonchev–Trinajstić information content (AvgIpc) is 3.87. The van der Waals surface area contributed by atoms with Crippen LogP contribution in [0.2, 0.25) is 19.6 Å². The third kappa shape index (κ3) is 8.81. The summed E-state index contributed by atoms with van der Waals surface area (Å²) in [6.07, 6.45) is 3.24. The Balaban J connectivity index is 0.000000238. The van der Waals surface area contributed by atoms with Gasteiger partial charge in [-0.3, -0.25) is 4.98 Å². The summed E-state index contributed by atoms with van der Waals surface area (Å²) in [5.74, 6) is 2.36. The van der Waals surface area contributed by atoms with E-state index >= 15 is 0 Å². The van der Waals surface area contributed by atoms with E-state index < -0.39 is 8.07 Å². The second kappa shape index (κ2) is 18.9. The van der Waals surface area contributed by atoms with Gasteiger partial charge in [-0.2, -0.15) is 0 Å². The molecule has 1 radical (unpaired) electrons. The molecule has 10 aromatic rings. The van der Waals surface area contributed by atoms with E-state index in [0.29, 0.717) is 17.5 Å². The minimum absolute atomic E-state index is 0. The molecule has 337 valence electrons. The van der Waals surface area contributed by atoms with E-state index in [0.717, 1.165) is 62.1 Å². The van der Waals surface area contributed by atoms with Gasteiger partial charge in [-0.05, 0) is 92.5 Å². The summed E-state index contributed by atoms with van der Waals surface area (Å²) >= 11 is 0. The van der Waals surface area contributed by atoms with Crippen molar-refractivity contribution < 1.29 is 24.5 Å². The summed E-state index contributed by atoms with van der Waals surface area (Å²) in [5.41, 5.74) is 12.8. The number of aromatic nitrogens is 4. The summed E-state index contributed by atoms with van der Waals surface area (Å²) < 4.78 is 9.05. The van der Waals surface area contributed by atoms with Crippen molar-refractivity contribution in [1.82, 2.24) is 19.5 Å². The molecule has 0 aliphatic carbocycles. The monoisotopic (exact) mass is 1060 g/mol. The van der Waals surface area contributed by atoms with Crippen LogP contribution in [0.5, 0.6) is 0 Å². The number of furan rings is 1. The molecule has 0 N–H and O–H groups in total. The Labute approximate surface area is 405 Å². The third-order valence-corrected chi connectivity index (χ3v) is 14.7. The molecule has 0 aliphatic rings. The molecular weight excluding hydrogens is 1000 g/mol. The first kappa shape index (κ1) is 46.8. The van der Waals surface area contributed by atoms with Crippen LogP contribution in [0.4, 0.5) is 0 Å². The van der Waals surface area contributed by atoms with Gasteiger partial charge in [-0.25, -0.2) is 4.98 Å². The van der Waals surface area contributed by atoms with E-state index in [1.165, 1.54) is 49.1 Å². The molecule has 66 heavy (non-hydrogen) atoms. The van der Waals surface area contributed by atoms with Crippen LogP contribution in [0.1, 0.15) is 95.5 Å². The zero-order valence-corrected chi connectivity index (χ0v) is 43.6. The number of benzene rings is 6. The van der Waals surface area contributed by atoms with E-state index in [2.05, 4.69) is 200 Å². The van der Waals surface area contributed by atoms with Crippen LogP contribution in [-0.4, -0.2) is 27.6 Å². The molecule has 0 aliphatic heterocycles. The molecule has 10 rings (SSSR count). The predicted octanol–water partition coefficient (Wildman–Crippen LogP) is 15.8. The number of imidazole rings is 1. The van der Waals surface area contributed by atoms with Gasteiger partial charge in [0.15, 0.2) is 0 Å². The molecule has 7 heteroatoms. The summed E-state index contributed by atoms with van der Waals surface area (Å²) in [6.45, 7) is 25.2. The Hall–Kier alpha value is -5.72. The maximum atomic E-state index is 6.63. The second-order valence-electron chi connectivity index (χ2n) is 20.0. The molecule has 4 heterocycles. The van der Waals surface area contributed by atoms with Crippen LogP contribution >= 0.6 is 0 Å². The fourth-order valence-corrected chi connectivity index (χ4v) is 11.1. The van der Waals surface area contributed by atoms with Crippen molar-refractivity contribution in [3.63, 3.8) is 0 Å². The van der Waals surface area contributed by atoms with Gasteiger partial charge >= 0.3 is 0 Å². The number of fused-ring (bicyclic) bond motifs is 7. The molecule has 0 saturated heterocycles. The molecule has 0 atom stereocenters. The molecule has 0 bridgehead atoms. The van der Waals surface area contributed by atoms with Gasteiger partial charge in [-0.15, -0.1) is 54.1 Å². The maximum Gasteiger partial charge on any atom is 0.216 e. The first-order valence-electron chi connectivity index (χ1n) is 23.4. The van der Waals surface area contributed by atoms with Crippen LogP contribution in [0.3, 0.4) is 0 Å². The fraction of sp³-hybridized carbons (Fsp3) is 0.271. The first-order valence-corrected chi connectivity index (χ1v) is 26.9. The minimum atomic E-state index is -1.34. The van der Waals surface area contributed by atoms with Gasteiger partial charge in [0.05, 0.1) is 30.5 Å². The Morgan fingerprint density at radius 3 is 2.06 bits per heavy atom. The Morgan fingerprint density at radius 1 is 0.652 bits per heavy atom. The quantitative estimate of drug-likeness (QED) is 0.107. The van der Waals surface area contributed by atoms with Gasteiger partial charge < -0.3 is 14.0 Å². The van der Waals surface area contributed by atoms with Crippen LogP contribution in [0.25, 0.3) is 83.0 Å². The molecule has 0 fully saturated rings. The average molecular weight is 1060 g/mol. The fourth-order valence-electron chi connectivity index (χ4n) is 9.49. The van der Waals surface area contributed by atoms with Gasteiger partial charge in [0.2, 0.25) is 5.71 Å². The minimum Gasteiger partial charge on any atom is -0.486 e. The molecule has 0 amide bonds. The van der Waals surface area contributed by atoms with Crippen molar-refractivity contribution in [3.05, 3.63) is 162 Å². The van der Waals surface area contributed by atoms with Crippen LogP contribution in [0.15, 0.2) is 132 Å². The standard InChI is InChI=1S/C41H36N3O.C18H24NSi.Ir/c1-23(2)33-22-27-13-8-9-14-28(27)36(25(5)6)38(33)44-37-29-15-10-7-12-26(29)18-20-35(37)42-40(44)32-17-11-16-30-31-19-21-34(24(3)4)43-41(31)45-39(30)32;1-14(2)11-16-12-17(15-9-7-6-8-10-15)19-13-18(16)20(3,4)5;/h7-16,18-25H,1-6H3;6-9,12-14H,11H2,1-5H3;/q2*-1;. The van der Waals surface area contributed by atoms with Crippen molar-refractivity contribution in [2.24, 2.45) is 5.92 Å². The normalized spacial score (nSPS) is 12.0. The molecule has 0 unspecified atom stereocenters. The van der Waals surface area contributed by atoms with Crippen LogP contribution < -0.4 is 5.19 Å². The SMILES string of the molecule is CC(C)Cc1cc(-c2[c-]cccc2)ncc1[Si](C)(C)C.CC(C)c1ccc2c(n1)oc1c(-c3nc4ccc5ccccc5c4n3-c3c(C(C)C)cc4ccccc4c3C(C)C)[c-]ccc12.[Ir]. The molecule has 0 spiro atoms. The van der Waals surface area contributed by atoms with Gasteiger partial charge in [-0.1, -0.05) is 152 Å². The number of hydrogen-bond donors (Lipinski definition) is 0.